The van der Waals surface area contributed by atoms with Crippen molar-refractivity contribution in [3.8, 4) is 0 Å². The number of hydrogen-bond donors (Lipinski definition) is 1. The lowest BCUT2D eigenvalue weighted by Crippen LogP contribution is -2.51. The molecule has 134 valence electrons. The Hall–Kier alpha value is -1.40. The quantitative estimate of drug-likeness (QED) is 0.889. The fourth-order valence-electron chi connectivity index (χ4n) is 4.00. The first-order valence-corrected chi connectivity index (χ1v) is 9.13. The lowest BCUT2D eigenvalue weighted by Gasteiger charge is -2.37. The number of nitrogens with zero attached hydrogens (tertiary/aromatic N) is 3. The van der Waals surface area contributed by atoms with Gasteiger partial charge in [0.05, 0.1) is 24.4 Å². The van der Waals surface area contributed by atoms with Crippen molar-refractivity contribution in [3.05, 3.63) is 17.5 Å². The predicted octanol–water partition coefficient (Wildman–Crippen LogP) is 1.71. The van der Waals surface area contributed by atoms with Gasteiger partial charge in [-0.3, -0.25) is 9.48 Å². The van der Waals surface area contributed by atoms with E-state index >= 15 is 0 Å². The molecular weight excluding hydrogens is 306 g/mol. The third kappa shape index (κ3) is 3.35. The van der Waals surface area contributed by atoms with Crippen molar-refractivity contribution >= 4 is 5.91 Å². The number of fused-ring (bicyclic) bond motifs is 1. The van der Waals surface area contributed by atoms with Crippen LogP contribution in [0.2, 0.25) is 0 Å². The van der Waals surface area contributed by atoms with E-state index in [0.717, 1.165) is 25.0 Å². The molecule has 0 bridgehead atoms. The fraction of sp³-hybridized carbons (Fsp3) is 0.778. The molecule has 1 saturated heterocycles. The second-order valence-corrected chi connectivity index (χ2v) is 7.43. The van der Waals surface area contributed by atoms with E-state index < -0.39 is 0 Å². The van der Waals surface area contributed by atoms with Crippen molar-refractivity contribution < 1.29 is 14.6 Å². The summed E-state index contributed by atoms with van der Waals surface area (Å²) in [6, 6.07) is 2.03. The van der Waals surface area contributed by atoms with Gasteiger partial charge in [-0.2, -0.15) is 5.10 Å². The van der Waals surface area contributed by atoms with Crippen LogP contribution >= 0.6 is 0 Å². The smallest absolute Gasteiger partial charge is 0.272 e. The first-order valence-electron chi connectivity index (χ1n) is 9.13. The summed E-state index contributed by atoms with van der Waals surface area (Å²) in [5.74, 6) is 0.804. The Morgan fingerprint density at radius 1 is 1.46 bits per heavy atom. The fourth-order valence-corrected chi connectivity index (χ4v) is 4.00. The highest BCUT2D eigenvalue weighted by Gasteiger charge is 2.43. The molecule has 1 amide bonds. The Kier molecular flexibility index (Phi) is 5.25. The van der Waals surface area contributed by atoms with Gasteiger partial charge < -0.3 is 14.7 Å². The molecule has 6 heteroatoms. The van der Waals surface area contributed by atoms with Gasteiger partial charge in [0.2, 0.25) is 0 Å². The monoisotopic (exact) mass is 335 g/mol. The lowest BCUT2D eigenvalue weighted by atomic mass is 10.1. The number of aliphatic hydroxyl groups is 1. The third-order valence-electron chi connectivity index (χ3n) is 5.12. The predicted molar refractivity (Wildman–Crippen MR) is 90.8 cm³/mol. The summed E-state index contributed by atoms with van der Waals surface area (Å²) in [5.41, 5.74) is 1.67. The van der Waals surface area contributed by atoms with Crippen LogP contribution in [-0.4, -0.2) is 57.6 Å². The van der Waals surface area contributed by atoms with Crippen LogP contribution in [0.1, 0.15) is 49.8 Å². The second-order valence-electron chi connectivity index (χ2n) is 7.43. The summed E-state index contributed by atoms with van der Waals surface area (Å²) in [5, 5.41) is 14.1. The summed E-state index contributed by atoms with van der Waals surface area (Å²) >= 11 is 0. The van der Waals surface area contributed by atoms with E-state index in [2.05, 4.69) is 18.9 Å². The number of rotatable bonds is 5. The molecule has 3 atom stereocenters. The van der Waals surface area contributed by atoms with E-state index in [0.29, 0.717) is 31.3 Å². The van der Waals surface area contributed by atoms with Crippen molar-refractivity contribution in [2.24, 2.45) is 11.8 Å². The Bertz CT molecular complexity index is 584. The van der Waals surface area contributed by atoms with E-state index in [1.807, 2.05) is 22.6 Å². The van der Waals surface area contributed by atoms with E-state index in [9.17, 15) is 9.90 Å². The normalized spacial score (nSPS) is 26.9. The van der Waals surface area contributed by atoms with Gasteiger partial charge in [-0.1, -0.05) is 13.8 Å². The maximum atomic E-state index is 13.2. The zero-order valence-electron chi connectivity index (χ0n) is 14.9. The van der Waals surface area contributed by atoms with Crippen LogP contribution in [-0.2, 0) is 17.7 Å². The van der Waals surface area contributed by atoms with Gasteiger partial charge in [-0.25, -0.2) is 0 Å². The molecule has 1 aromatic heterocycles. The van der Waals surface area contributed by atoms with Gasteiger partial charge in [0.25, 0.3) is 5.91 Å². The average Bonchev–Trinajstić information content (AvgIpc) is 3.16. The van der Waals surface area contributed by atoms with Crippen LogP contribution in [0.15, 0.2) is 6.07 Å². The summed E-state index contributed by atoms with van der Waals surface area (Å²) in [4.78, 5) is 15.1. The molecule has 24 heavy (non-hydrogen) atoms. The average molecular weight is 335 g/mol. The molecule has 1 aliphatic carbocycles. The van der Waals surface area contributed by atoms with Gasteiger partial charge in [-0.05, 0) is 44.1 Å². The number of amides is 1. The van der Waals surface area contributed by atoms with Crippen LogP contribution in [0, 0.1) is 11.8 Å². The van der Waals surface area contributed by atoms with E-state index in [-0.39, 0.29) is 30.6 Å². The van der Waals surface area contributed by atoms with Crippen LogP contribution in [0.25, 0.3) is 0 Å². The molecule has 1 aromatic rings. The van der Waals surface area contributed by atoms with Crippen LogP contribution in [0.5, 0.6) is 0 Å². The van der Waals surface area contributed by atoms with E-state index in [1.54, 1.807) is 0 Å². The molecule has 2 fully saturated rings. The molecule has 2 aliphatic rings. The second kappa shape index (κ2) is 7.23. The molecule has 2 heterocycles. The van der Waals surface area contributed by atoms with Crippen molar-refractivity contribution in [1.82, 2.24) is 14.7 Å². The van der Waals surface area contributed by atoms with E-state index in [4.69, 9.17) is 4.74 Å². The summed E-state index contributed by atoms with van der Waals surface area (Å²) < 4.78 is 7.66. The molecule has 6 nitrogen and oxygen atoms in total. The molecule has 1 unspecified atom stereocenters. The number of aryl methyl sites for hydroxylation is 1. The summed E-state index contributed by atoms with van der Waals surface area (Å²) in [6.07, 6.45) is 2.62. The molecule has 1 aliphatic heterocycles. The number of aromatic nitrogens is 2. The molecule has 0 radical (unpaired) electrons. The first kappa shape index (κ1) is 17.4. The van der Waals surface area contributed by atoms with Gasteiger partial charge in [-0.15, -0.1) is 0 Å². The topological polar surface area (TPSA) is 67.6 Å². The number of hydrogen-bond acceptors (Lipinski definition) is 4. The third-order valence-corrected chi connectivity index (χ3v) is 5.12. The minimum absolute atomic E-state index is 0.0521. The van der Waals surface area contributed by atoms with Crippen molar-refractivity contribution in [2.75, 3.05) is 19.8 Å². The van der Waals surface area contributed by atoms with Gasteiger partial charge in [0.1, 0.15) is 5.69 Å². The number of carbonyl (C=O) groups excluding carboxylic acids is 1. The minimum Gasteiger partial charge on any atom is -0.396 e. The van der Waals surface area contributed by atoms with Gasteiger partial charge in [0, 0.05) is 19.7 Å². The Morgan fingerprint density at radius 2 is 2.25 bits per heavy atom. The Balaban J connectivity index is 1.81. The number of carbonyl (C=O) groups is 1. The number of ether oxygens (including phenoxy) is 1. The molecule has 0 spiro atoms. The number of aliphatic hydroxyl groups excluding tert-OH is 1. The largest absolute Gasteiger partial charge is 0.396 e. The first-order chi connectivity index (χ1) is 11.5. The van der Waals surface area contributed by atoms with Crippen LogP contribution in [0.4, 0.5) is 0 Å². The number of morpholine rings is 1. The standard InChI is InChI=1S/C18H29N3O3/c1-4-21-16(10-14(19-21)7-12(2)3)18(23)20-5-6-24-17-9-13(11-22)8-15(17)20/h10,12-13,15,17,22H,4-9,11H2,1-3H3/t13-,15+,17?/m1/s1. The Labute approximate surface area is 143 Å². The zero-order valence-corrected chi connectivity index (χ0v) is 14.9. The molecule has 0 aromatic carbocycles. The maximum absolute atomic E-state index is 13.2. The molecule has 1 saturated carbocycles. The molecular formula is C18H29N3O3. The molecule has 3 rings (SSSR count). The summed E-state index contributed by atoms with van der Waals surface area (Å²) in [7, 11) is 0. The zero-order chi connectivity index (χ0) is 17.3. The Morgan fingerprint density at radius 3 is 2.92 bits per heavy atom. The van der Waals surface area contributed by atoms with E-state index in [1.165, 1.54) is 0 Å². The molecule has 1 N–H and O–H groups in total. The highest BCUT2D eigenvalue weighted by molar-refractivity contribution is 5.93. The minimum atomic E-state index is 0.0521. The maximum Gasteiger partial charge on any atom is 0.272 e. The van der Waals surface area contributed by atoms with Gasteiger partial charge in [0.15, 0.2) is 0 Å². The lowest BCUT2D eigenvalue weighted by molar-refractivity contribution is -0.0452. The highest BCUT2D eigenvalue weighted by Crippen LogP contribution is 2.34. The van der Waals surface area contributed by atoms with Gasteiger partial charge >= 0.3 is 0 Å². The SMILES string of the molecule is CCn1nc(CC(C)C)cc1C(=O)N1CCOC2C[C@H](CO)C[C@@H]21. The highest BCUT2D eigenvalue weighted by atomic mass is 16.5. The van der Waals surface area contributed by atoms with Crippen molar-refractivity contribution in [2.45, 2.75) is 58.7 Å². The van der Waals surface area contributed by atoms with Crippen molar-refractivity contribution in [3.63, 3.8) is 0 Å². The van der Waals surface area contributed by atoms with Crippen molar-refractivity contribution in [1.29, 1.82) is 0 Å². The van der Waals surface area contributed by atoms with Crippen LogP contribution in [0.3, 0.4) is 0 Å². The van der Waals surface area contributed by atoms with Crippen LogP contribution < -0.4 is 0 Å². The summed E-state index contributed by atoms with van der Waals surface area (Å²) in [6.45, 7) is 8.39.